The maximum absolute atomic E-state index is 12.3. The molecule has 1 aliphatic rings. The summed E-state index contributed by atoms with van der Waals surface area (Å²) in [4.78, 5) is 2.56. The summed E-state index contributed by atoms with van der Waals surface area (Å²) in [5.74, 6) is 0.881. The monoisotopic (exact) mass is 409 g/mol. The molecule has 3 heteroatoms. The van der Waals surface area contributed by atoms with E-state index in [9.17, 15) is 5.11 Å². The number of aliphatic hydroxyl groups is 1. The van der Waals surface area contributed by atoms with Crippen molar-refractivity contribution in [2.75, 3.05) is 26.7 Å². The lowest BCUT2D eigenvalue weighted by molar-refractivity contribution is -0.0167. The molecule has 0 spiro atoms. The van der Waals surface area contributed by atoms with Crippen LogP contribution in [0, 0.1) is 0 Å². The minimum absolute atomic E-state index is 0.0480. The van der Waals surface area contributed by atoms with E-state index >= 15 is 0 Å². The first-order valence-electron chi connectivity index (χ1n) is 11.8. The van der Waals surface area contributed by atoms with E-state index in [1.54, 1.807) is 7.11 Å². The average Bonchev–Trinajstić information content (AvgIpc) is 2.81. The number of nitrogens with zero attached hydrogens (tertiary/aromatic N) is 1. The first-order chi connectivity index (χ1) is 14.7. The second-order valence-electron chi connectivity index (χ2n) is 8.79. The van der Waals surface area contributed by atoms with Gasteiger partial charge in [-0.2, -0.15) is 0 Å². The van der Waals surface area contributed by atoms with Gasteiger partial charge < -0.3 is 14.7 Å². The number of hydrogen-bond donors (Lipinski definition) is 1. The Morgan fingerprint density at radius 2 is 1.63 bits per heavy atom. The molecule has 0 aliphatic carbocycles. The largest absolute Gasteiger partial charge is 0.497 e. The van der Waals surface area contributed by atoms with Gasteiger partial charge in [0.15, 0.2) is 0 Å². The molecule has 1 N–H and O–H groups in total. The summed E-state index contributed by atoms with van der Waals surface area (Å²) in [6, 6.07) is 18.7. The molecule has 2 aromatic carbocycles. The molecule has 1 aliphatic heterocycles. The van der Waals surface area contributed by atoms with E-state index in [1.807, 2.05) is 12.1 Å². The van der Waals surface area contributed by atoms with Crippen molar-refractivity contribution in [1.82, 2.24) is 4.90 Å². The molecule has 164 valence electrons. The number of piperidine rings is 1. The van der Waals surface area contributed by atoms with Crippen molar-refractivity contribution in [3.63, 3.8) is 0 Å². The molecule has 1 fully saturated rings. The van der Waals surface area contributed by atoms with E-state index in [0.717, 1.165) is 43.8 Å². The van der Waals surface area contributed by atoms with Crippen LogP contribution in [-0.2, 0) is 5.60 Å². The highest BCUT2D eigenvalue weighted by Gasteiger charge is 2.40. The predicted molar refractivity (Wildman–Crippen MR) is 125 cm³/mol. The fraction of sp³-hybridized carbons (Fsp3) is 0.556. The molecule has 2 atom stereocenters. The molecule has 0 bridgehead atoms. The molecule has 0 aromatic heterocycles. The third-order valence-corrected chi connectivity index (χ3v) is 6.67. The van der Waals surface area contributed by atoms with Crippen molar-refractivity contribution in [2.24, 2.45) is 0 Å². The lowest BCUT2D eigenvalue weighted by Crippen LogP contribution is -2.42. The molecular formula is C27H39NO2. The smallest absolute Gasteiger partial charge is 0.118 e. The second kappa shape index (κ2) is 11.5. The molecule has 1 heterocycles. The molecule has 0 saturated carbocycles. The number of ether oxygens (including phenoxy) is 1. The minimum Gasteiger partial charge on any atom is -0.497 e. The summed E-state index contributed by atoms with van der Waals surface area (Å²) < 4.78 is 5.37. The standard InChI is InChI=1S/C27H39NO2/c1-3-4-5-10-19-27(29,24-15-17-25(30-2)18-16-24)26(23-13-8-6-9-14-23)22-28-20-11-7-12-21-28/h6,8-9,13-18,26,29H,3-5,7,10-12,19-22H2,1-2H3/t26-,27+/m1/s1. The van der Waals surface area contributed by atoms with Crippen LogP contribution in [0.15, 0.2) is 54.6 Å². The van der Waals surface area contributed by atoms with Gasteiger partial charge in [0.05, 0.1) is 12.7 Å². The van der Waals surface area contributed by atoms with Crippen LogP contribution >= 0.6 is 0 Å². The first kappa shape index (κ1) is 22.8. The van der Waals surface area contributed by atoms with Crippen LogP contribution < -0.4 is 4.74 Å². The molecule has 2 aromatic rings. The van der Waals surface area contributed by atoms with E-state index in [2.05, 4.69) is 54.3 Å². The molecule has 30 heavy (non-hydrogen) atoms. The minimum atomic E-state index is -0.890. The van der Waals surface area contributed by atoms with E-state index in [0.29, 0.717) is 0 Å². The van der Waals surface area contributed by atoms with Gasteiger partial charge in [-0.3, -0.25) is 0 Å². The summed E-state index contributed by atoms with van der Waals surface area (Å²) in [7, 11) is 1.69. The van der Waals surface area contributed by atoms with Crippen molar-refractivity contribution in [3.8, 4) is 5.75 Å². The highest BCUT2D eigenvalue weighted by molar-refractivity contribution is 5.35. The zero-order valence-corrected chi connectivity index (χ0v) is 18.9. The number of methoxy groups -OCH3 is 1. The van der Waals surface area contributed by atoms with E-state index in [-0.39, 0.29) is 5.92 Å². The van der Waals surface area contributed by atoms with Gasteiger partial charge in [-0.15, -0.1) is 0 Å². The van der Waals surface area contributed by atoms with Gasteiger partial charge >= 0.3 is 0 Å². The van der Waals surface area contributed by atoms with Crippen LogP contribution in [-0.4, -0.2) is 36.8 Å². The Morgan fingerprint density at radius 3 is 2.27 bits per heavy atom. The zero-order chi connectivity index (χ0) is 21.2. The molecular weight excluding hydrogens is 370 g/mol. The number of rotatable bonds is 11. The third-order valence-electron chi connectivity index (χ3n) is 6.67. The molecule has 0 radical (unpaired) electrons. The second-order valence-corrected chi connectivity index (χ2v) is 8.79. The van der Waals surface area contributed by atoms with Gasteiger partial charge in [0, 0.05) is 12.5 Å². The summed E-state index contributed by atoms with van der Waals surface area (Å²) in [6.07, 6.45) is 9.27. The van der Waals surface area contributed by atoms with Crippen LogP contribution in [0.3, 0.4) is 0 Å². The summed E-state index contributed by atoms with van der Waals surface area (Å²) in [6.45, 7) is 5.41. The lowest BCUT2D eigenvalue weighted by Gasteiger charge is -2.41. The van der Waals surface area contributed by atoms with E-state index in [4.69, 9.17) is 4.74 Å². The van der Waals surface area contributed by atoms with Gasteiger partial charge in [-0.05, 0) is 55.6 Å². The fourth-order valence-electron chi connectivity index (χ4n) is 4.84. The third kappa shape index (κ3) is 5.86. The van der Waals surface area contributed by atoms with Crippen LogP contribution in [0.5, 0.6) is 5.75 Å². The molecule has 3 nitrogen and oxygen atoms in total. The molecule has 1 saturated heterocycles. The van der Waals surface area contributed by atoms with Gasteiger partial charge in [0.2, 0.25) is 0 Å². The summed E-state index contributed by atoms with van der Waals surface area (Å²) >= 11 is 0. The zero-order valence-electron chi connectivity index (χ0n) is 18.9. The fourth-order valence-corrected chi connectivity index (χ4v) is 4.84. The Bertz CT molecular complexity index is 724. The Balaban J connectivity index is 1.95. The highest BCUT2D eigenvalue weighted by Crippen LogP contribution is 2.42. The van der Waals surface area contributed by atoms with Crippen LogP contribution in [0.25, 0.3) is 0 Å². The maximum Gasteiger partial charge on any atom is 0.118 e. The van der Waals surface area contributed by atoms with Gasteiger partial charge in [-0.25, -0.2) is 0 Å². The first-order valence-corrected chi connectivity index (χ1v) is 11.8. The quantitative estimate of drug-likeness (QED) is 0.454. The Labute approximate surface area is 183 Å². The number of likely N-dealkylation sites (tertiary alicyclic amines) is 1. The molecule has 0 unspecified atom stereocenters. The van der Waals surface area contributed by atoms with Crippen molar-refractivity contribution < 1.29 is 9.84 Å². The average molecular weight is 410 g/mol. The lowest BCUT2D eigenvalue weighted by atomic mass is 9.73. The van der Waals surface area contributed by atoms with Crippen molar-refractivity contribution >= 4 is 0 Å². The topological polar surface area (TPSA) is 32.7 Å². The van der Waals surface area contributed by atoms with E-state index in [1.165, 1.54) is 44.1 Å². The summed E-state index contributed by atoms with van der Waals surface area (Å²) in [5.41, 5.74) is 1.35. The van der Waals surface area contributed by atoms with Crippen molar-refractivity contribution in [2.45, 2.75) is 69.8 Å². The van der Waals surface area contributed by atoms with Crippen LogP contribution in [0.4, 0.5) is 0 Å². The van der Waals surface area contributed by atoms with Crippen LogP contribution in [0.1, 0.15) is 75.3 Å². The van der Waals surface area contributed by atoms with Gasteiger partial charge in [0.25, 0.3) is 0 Å². The molecule has 3 rings (SSSR count). The Morgan fingerprint density at radius 1 is 0.933 bits per heavy atom. The van der Waals surface area contributed by atoms with Crippen LogP contribution in [0.2, 0.25) is 0 Å². The summed E-state index contributed by atoms with van der Waals surface area (Å²) in [5, 5.41) is 12.3. The number of benzene rings is 2. The van der Waals surface area contributed by atoms with Crippen molar-refractivity contribution in [3.05, 3.63) is 65.7 Å². The van der Waals surface area contributed by atoms with Crippen molar-refractivity contribution in [1.29, 1.82) is 0 Å². The molecule has 0 amide bonds. The number of unbranched alkanes of at least 4 members (excludes halogenated alkanes) is 3. The SMILES string of the molecule is CCCCCC[C@](O)(c1ccc(OC)cc1)[C@H](CN1CCCCC1)c1ccccc1. The Kier molecular flexibility index (Phi) is 8.77. The maximum atomic E-state index is 12.3. The van der Waals surface area contributed by atoms with Gasteiger partial charge in [0.1, 0.15) is 5.75 Å². The van der Waals surface area contributed by atoms with E-state index < -0.39 is 5.60 Å². The number of hydrogen-bond acceptors (Lipinski definition) is 3. The Hall–Kier alpha value is -1.84. The van der Waals surface area contributed by atoms with Gasteiger partial charge in [-0.1, -0.05) is 81.5 Å². The normalized spacial score (nSPS) is 18.0. The highest BCUT2D eigenvalue weighted by atomic mass is 16.5. The predicted octanol–water partition coefficient (Wildman–Crippen LogP) is 6.12.